The summed E-state index contributed by atoms with van der Waals surface area (Å²) in [4.78, 5) is 14.4. The minimum absolute atomic E-state index is 0.388. The van der Waals surface area contributed by atoms with Crippen LogP contribution >= 0.6 is 11.6 Å². The molecule has 0 atom stereocenters. The maximum Gasteiger partial charge on any atom is 0.354 e. The Morgan fingerprint density at radius 1 is 1.33 bits per heavy atom. The molecule has 2 rings (SSSR count). The highest BCUT2D eigenvalue weighted by Crippen LogP contribution is 2.31. The fraction of sp³-hybridized carbons (Fsp3) is 0.267. The predicted octanol–water partition coefficient (Wildman–Crippen LogP) is 3.38. The van der Waals surface area contributed by atoms with Gasteiger partial charge in [0.1, 0.15) is 11.4 Å². The summed E-state index contributed by atoms with van der Waals surface area (Å²) in [6, 6.07) is 7.21. The zero-order valence-electron chi connectivity index (χ0n) is 12.1. The lowest BCUT2D eigenvalue weighted by Gasteiger charge is -2.12. The second kappa shape index (κ2) is 6.54. The van der Waals surface area contributed by atoms with Crippen LogP contribution in [0.2, 0.25) is 5.02 Å². The highest BCUT2D eigenvalue weighted by molar-refractivity contribution is 6.31. The third kappa shape index (κ3) is 3.49. The molecule has 0 fully saturated rings. The quantitative estimate of drug-likeness (QED) is 0.831. The van der Waals surface area contributed by atoms with E-state index >= 15 is 0 Å². The first kappa shape index (κ1) is 15.3. The van der Waals surface area contributed by atoms with Crippen LogP contribution in [0, 0.1) is 6.92 Å². The Kier molecular flexibility index (Phi) is 4.75. The van der Waals surface area contributed by atoms with Gasteiger partial charge in [-0.15, -0.1) is 0 Å². The van der Waals surface area contributed by atoms with Gasteiger partial charge in [0.25, 0.3) is 0 Å². The van der Waals surface area contributed by atoms with Crippen LogP contribution in [0.25, 0.3) is 0 Å². The van der Waals surface area contributed by atoms with Gasteiger partial charge in [0, 0.05) is 16.8 Å². The third-order valence-electron chi connectivity index (χ3n) is 3.10. The number of benzene rings is 1. The number of hydrogen-bond donors (Lipinski definition) is 2. The van der Waals surface area contributed by atoms with Gasteiger partial charge in [0.05, 0.1) is 26.5 Å². The van der Waals surface area contributed by atoms with E-state index in [-0.39, 0.29) is 5.97 Å². The van der Waals surface area contributed by atoms with Gasteiger partial charge in [-0.2, -0.15) is 0 Å². The molecule has 5 nitrogen and oxygen atoms in total. The first-order valence-corrected chi connectivity index (χ1v) is 6.77. The molecular weight excluding hydrogens is 292 g/mol. The highest BCUT2D eigenvalue weighted by Gasteiger charge is 2.10. The van der Waals surface area contributed by atoms with E-state index < -0.39 is 0 Å². The topological polar surface area (TPSA) is 63.4 Å². The van der Waals surface area contributed by atoms with E-state index in [1.54, 1.807) is 19.2 Å². The molecule has 0 saturated heterocycles. The Morgan fingerprint density at radius 2 is 2.10 bits per heavy atom. The Labute approximate surface area is 128 Å². The highest BCUT2D eigenvalue weighted by atomic mass is 35.5. The number of nitrogens with one attached hydrogen (secondary N) is 2. The summed E-state index contributed by atoms with van der Waals surface area (Å²) in [7, 11) is 2.94. The first-order valence-electron chi connectivity index (χ1n) is 6.39. The zero-order chi connectivity index (χ0) is 15.4. The number of ether oxygens (including phenoxy) is 2. The molecule has 112 valence electrons. The number of hydrogen-bond acceptors (Lipinski definition) is 4. The zero-order valence-corrected chi connectivity index (χ0v) is 12.9. The summed E-state index contributed by atoms with van der Waals surface area (Å²) in [5.74, 6) is 0.284. The van der Waals surface area contributed by atoms with Crippen LogP contribution in [0.1, 0.15) is 21.7 Å². The van der Waals surface area contributed by atoms with Crippen LogP contribution in [-0.2, 0) is 11.3 Å². The maximum atomic E-state index is 11.4. The molecule has 6 heteroatoms. The van der Waals surface area contributed by atoms with Crippen LogP contribution in [0.5, 0.6) is 5.75 Å². The molecule has 0 spiro atoms. The second-order valence-corrected chi connectivity index (χ2v) is 4.95. The normalized spacial score (nSPS) is 10.3. The average molecular weight is 309 g/mol. The van der Waals surface area contributed by atoms with Crippen LogP contribution in [-0.4, -0.2) is 25.2 Å². The number of halogens is 1. The molecule has 0 aliphatic carbocycles. The summed E-state index contributed by atoms with van der Waals surface area (Å²) in [5.41, 5.74) is 3.09. The van der Waals surface area contributed by atoms with E-state index in [0.29, 0.717) is 23.0 Å². The van der Waals surface area contributed by atoms with Gasteiger partial charge in [-0.05, 0) is 30.7 Å². The molecule has 0 amide bonds. The van der Waals surface area contributed by atoms with Crippen molar-refractivity contribution < 1.29 is 14.3 Å². The Balaban J connectivity index is 2.11. The molecule has 1 heterocycles. The number of carbonyl (C=O) groups excluding carboxylic acids is 1. The summed E-state index contributed by atoms with van der Waals surface area (Å²) in [6.45, 7) is 2.45. The minimum atomic E-state index is -0.388. The molecule has 0 aliphatic heterocycles. The summed E-state index contributed by atoms with van der Waals surface area (Å²) in [6.07, 6.45) is 0. The molecule has 2 aromatic rings. The predicted molar refractivity (Wildman–Crippen MR) is 82.2 cm³/mol. The third-order valence-corrected chi connectivity index (χ3v) is 3.51. The average Bonchev–Trinajstić information content (AvgIpc) is 2.96. The van der Waals surface area contributed by atoms with Gasteiger partial charge < -0.3 is 19.8 Å². The molecular formula is C15H17ClN2O3. The largest absolute Gasteiger partial charge is 0.495 e. The molecule has 0 unspecified atom stereocenters. The van der Waals surface area contributed by atoms with E-state index in [0.717, 1.165) is 16.9 Å². The molecule has 0 bridgehead atoms. The summed E-state index contributed by atoms with van der Waals surface area (Å²) in [5, 5.41) is 3.91. The lowest BCUT2D eigenvalue weighted by molar-refractivity contribution is 0.0594. The molecule has 21 heavy (non-hydrogen) atoms. The van der Waals surface area contributed by atoms with Gasteiger partial charge in [-0.1, -0.05) is 11.6 Å². The van der Waals surface area contributed by atoms with Crippen molar-refractivity contribution in [1.29, 1.82) is 0 Å². The monoisotopic (exact) mass is 308 g/mol. The number of methoxy groups -OCH3 is 2. The van der Waals surface area contributed by atoms with Gasteiger partial charge in [-0.25, -0.2) is 4.79 Å². The van der Waals surface area contributed by atoms with Crippen molar-refractivity contribution >= 4 is 23.3 Å². The number of H-pyrrole nitrogens is 1. The van der Waals surface area contributed by atoms with Crippen LogP contribution in [0.3, 0.4) is 0 Å². The van der Waals surface area contributed by atoms with Gasteiger partial charge in [-0.3, -0.25) is 0 Å². The Morgan fingerprint density at radius 3 is 2.76 bits per heavy atom. The number of rotatable bonds is 5. The molecule has 1 aromatic carbocycles. The van der Waals surface area contributed by atoms with Crippen LogP contribution in [0.4, 0.5) is 5.69 Å². The van der Waals surface area contributed by atoms with Crippen LogP contribution < -0.4 is 10.1 Å². The fourth-order valence-electron chi connectivity index (χ4n) is 1.93. The van der Waals surface area contributed by atoms with E-state index in [4.69, 9.17) is 16.3 Å². The van der Waals surface area contributed by atoms with Crippen molar-refractivity contribution in [2.24, 2.45) is 0 Å². The van der Waals surface area contributed by atoms with Crippen molar-refractivity contribution in [3.05, 3.63) is 46.2 Å². The minimum Gasteiger partial charge on any atom is -0.495 e. The Hall–Kier alpha value is -2.14. The molecule has 1 aromatic heterocycles. The van der Waals surface area contributed by atoms with E-state index in [2.05, 4.69) is 15.0 Å². The molecule has 0 radical (unpaired) electrons. The lowest BCUT2D eigenvalue weighted by atomic mass is 10.2. The number of esters is 1. The van der Waals surface area contributed by atoms with E-state index in [1.165, 1.54) is 7.11 Å². The second-order valence-electron chi connectivity index (χ2n) is 4.54. The van der Waals surface area contributed by atoms with Gasteiger partial charge in [0.2, 0.25) is 0 Å². The van der Waals surface area contributed by atoms with Crippen LogP contribution in [0.15, 0.2) is 24.3 Å². The van der Waals surface area contributed by atoms with Crippen molar-refractivity contribution in [1.82, 2.24) is 4.98 Å². The standard InChI is InChI=1S/C15H17ClN2O3/c1-9-6-13(14(20-2)7-11(9)16)17-8-10-4-5-12(18-10)15(19)21-3/h4-7,17-18H,8H2,1-3H3. The number of carbonyl (C=O) groups is 1. The fourth-order valence-corrected chi connectivity index (χ4v) is 2.09. The van der Waals surface area contributed by atoms with E-state index in [9.17, 15) is 4.79 Å². The lowest BCUT2D eigenvalue weighted by Crippen LogP contribution is -2.04. The maximum absolute atomic E-state index is 11.4. The SMILES string of the molecule is COC(=O)c1ccc(CNc2cc(C)c(Cl)cc2OC)[nH]1. The first-order chi connectivity index (χ1) is 10.0. The molecule has 2 N–H and O–H groups in total. The number of aromatic amines is 1. The van der Waals surface area contributed by atoms with Crippen molar-refractivity contribution in [3.63, 3.8) is 0 Å². The summed E-state index contributed by atoms with van der Waals surface area (Å²) < 4.78 is 9.95. The number of aryl methyl sites for hydroxylation is 1. The number of aromatic nitrogens is 1. The van der Waals surface area contributed by atoms with Crippen molar-refractivity contribution in [3.8, 4) is 5.75 Å². The smallest absolute Gasteiger partial charge is 0.354 e. The molecule has 0 aliphatic rings. The van der Waals surface area contributed by atoms with Gasteiger partial charge in [0.15, 0.2) is 0 Å². The number of anilines is 1. The van der Waals surface area contributed by atoms with Gasteiger partial charge >= 0.3 is 5.97 Å². The van der Waals surface area contributed by atoms with E-state index in [1.807, 2.05) is 19.1 Å². The molecule has 0 saturated carbocycles. The van der Waals surface area contributed by atoms with Crippen molar-refractivity contribution in [2.75, 3.05) is 19.5 Å². The summed E-state index contributed by atoms with van der Waals surface area (Å²) >= 11 is 6.07. The van der Waals surface area contributed by atoms with Crippen molar-refractivity contribution in [2.45, 2.75) is 13.5 Å². The Bertz CT molecular complexity index is 652.